The van der Waals surface area contributed by atoms with Crippen LogP contribution in [0.15, 0.2) is 23.1 Å². The Bertz CT molecular complexity index is 424. The lowest BCUT2D eigenvalue weighted by molar-refractivity contribution is 0.0849. The number of nitrogens with one attached hydrogen (secondary N) is 1. The summed E-state index contributed by atoms with van der Waals surface area (Å²) in [6.07, 6.45) is 3.37. The molecule has 1 aliphatic carbocycles. The van der Waals surface area contributed by atoms with Gasteiger partial charge in [-0.2, -0.15) is 0 Å². The number of carbonyl (C=O) groups is 1. The van der Waals surface area contributed by atoms with Gasteiger partial charge in [-0.15, -0.1) is 12.6 Å². The summed E-state index contributed by atoms with van der Waals surface area (Å²) in [7, 11) is 0. The summed E-state index contributed by atoms with van der Waals surface area (Å²) in [6.45, 7) is 4.06. The van der Waals surface area contributed by atoms with Gasteiger partial charge in [-0.3, -0.25) is 4.79 Å². The van der Waals surface area contributed by atoms with Crippen LogP contribution in [0, 0.1) is 6.92 Å². The van der Waals surface area contributed by atoms with Crippen molar-refractivity contribution in [1.29, 1.82) is 0 Å². The van der Waals surface area contributed by atoms with Crippen molar-refractivity contribution in [2.24, 2.45) is 0 Å². The van der Waals surface area contributed by atoms with Crippen LogP contribution >= 0.6 is 12.6 Å². The van der Waals surface area contributed by atoms with Gasteiger partial charge in [0.05, 0.1) is 0 Å². The second-order valence-electron chi connectivity index (χ2n) is 4.87. The maximum absolute atomic E-state index is 12.1. The average Bonchev–Trinajstić information content (AvgIpc) is 2.19. The summed E-state index contributed by atoms with van der Waals surface area (Å²) in [5.41, 5.74) is 1.75. The normalized spacial score (nSPS) is 17.7. The van der Waals surface area contributed by atoms with Crippen LogP contribution in [-0.4, -0.2) is 11.4 Å². The van der Waals surface area contributed by atoms with E-state index in [1.54, 1.807) is 0 Å². The molecule has 1 aromatic rings. The number of carbonyl (C=O) groups excluding carboxylic acids is 1. The number of rotatable bonds is 2. The minimum atomic E-state index is 0.0100. The molecule has 2 nitrogen and oxygen atoms in total. The first-order valence-electron chi connectivity index (χ1n) is 5.62. The van der Waals surface area contributed by atoms with E-state index in [1.807, 2.05) is 25.1 Å². The quantitative estimate of drug-likeness (QED) is 0.758. The first-order chi connectivity index (χ1) is 7.50. The zero-order valence-corrected chi connectivity index (χ0v) is 10.6. The molecule has 1 amide bonds. The third-order valence-corrected chi connectivity index (χ3v) is 3.62. The Morgan fingerprint density at radius 1 is 1.44 bits per heavy atom. The molecule has 86 valence electrons. The second kappa shape index (κ2) is 4.13. The molecule has 0 bridgehead atoms. The largest absolute Gasteiger partial charge is 0.347 e. The molecular weight excluding hydrogens is 218 g/mol. The molecule has 1 aromatic carbocycles. The zero-order valence-electron chi connectivity index (χ0n) is 9.71. The molecule has 3 heteroatoms. The second-order valence-corrected chi connectivity index (χ2v) is 5.38. The first kappa shape index (κ1) is 11.5. The van der Waals surface area contributed by atoms with Crippen molar-refractivity contribution in [3.63, 3.8) is 0 Å². The Morgan fingerprint density at radius 2 is 2.12 bits per heavy atom. The van der Waals surface area contributed by atoms with Gasteiger partial charge in [0.15, 0.2) is 0 Å². The van der Waals surface area contributed by atoms with E-state index in [9.17, 15) is 4.79 Å². The fraction of sp³-hybridized carbons (Fsp3) is 0.462. The predicted molar refractivity (Wildman–Crippen MR) is 68.2 cm³/mol. The van der Waals surface area contributed by atoms with Crippen LogP contribution in [0.2, 0.25) is 0 Å². The molecule has 2 rings (SSSR count). The van der Waals surface area contributed by atoms with Gasteiger partial charge in [-0.1, -0.05) is 6.07 Å². The van der Waals surface area contributed by atoms with Crippen LogP contribution in [-0.2, 0) is 0 Å². The topological polar surface area (TPSA) is 29.1 Å². The van der Waals surface area contributed by atoms with Crippen LogP contribution in [0.5, 0.6) is 0 Å². The predicted octanol–water partition coefficient (Wildman–Crippen LogP) is 2.96. The lowest BCUT2D eigenvalue weighted by Crippen LogP contribution is -2.51. The van der Waals surface area contributed by atoms with Crippen molar-refractivity contribution < 1.29 is 4.79 Å². The standard InChI is InChI=1S/C13H17NOS/c1-9-4-5-10(16)8-11(9)12(15)14-13(2)6-3-7-13/h4-5,8,16H,3,6-7H2,1-2H3,(H,14,15). The summed E-state index contributed by atoms with van der Waals surface area (Å²) in [5, 5.41) is 3.10. The molecule has 0 saturated heterocycles. The molecular formula is C13H17NOS. The number of benzene rings is 1. The molecule has 0 unspecified atom stereocenters. The van der Waals surface area contributed by atoms with Gasteiger partial charge in [0.25, 0.3) is 5.91 Å². The Kier molecular flexibility index (Phi) is 2.98. The molecule has 16 heavy (non-hydrogen) atoms. The smallest absolute Gasteiger partial charge is 0.252 e. The first-order valence-corrected chi connectivity index (χ1v) is 6.07. The monoisotopic (exact) mass is 235 g/mol. The Labute approximate surface area is 102 Å². The number of thiol groups is 1. The lowest BCUT2D eigenvalue weighted by Gasteiger charge is -2.39. The van der Waals surface area contributed by atoms with Crippen molar-refractivity contribution >= 4 is 18.5 Å². The maximum atomic E-state index is 12.1. The summed E-state index contributed by atoms with van der Waals surface area (Å²) in [5.74, 6) is 0.0237. The molecule has 0 atom stereocenters. The Morgan fingerprint density at radius 3 is 2.69 bits per heavy atom. The SMILES string of the molecule is Cc1ccc(S)cc1C(=O)NC1(C)CCC1. The Hall–Kier alpha value is -0.960. The fourth-order valence-electron chi connectivity index (χ4n) is 2.03. The molecule has 1 fully saturated rings. The average molecular weight is 235 g/mol. The van der Waals surface area contributed by atoms with Crippen LogP contribution in [0.3, 0.4) is 0 Å². The third kappa shape index (κ3) is 2.24. The van der Waals surface area contributed by atoms with Crippen molar-refractivity contribution in [2.75, 3.05) is 0 Å². The van der Waals surface area contributed by atoms with Crippen molar-refractivity contribution in [3.05, 3.63) is 29.3 Å². The number of aryl methyl sites for hydroxylation is 1. The molecule has 1 N–H and O–H groups in total. The maximum Gasteiger partial charge on any atom is 0.252 e. The lowest BCUT2D eigenvalue weighted by atomic mass is 9.78. The molecule has 1 saturated carbocycles. The van der Waals surface area contributed by atoms with Crippen molar-refractivity contribution in [1.82, 2.24) is 5.32 Å². The number of amides is 1. The van der Waals surface area contributed by atoms with E-state index in [1.165, 1.54) is 6.42 Å². The van der Waals surface area contributed by atoms with Gasteiger partial charge in [0, 0.05) is 16.0 Å². The molecule has 1 aliphatic rings. The van der Waals surface area contributed by atoms with Crippen molar-refractivity contribution in [3.8, 4) is 0 Å². The summed E-state index contributed by atoms with van der Waals surface area (Å²) in [4.78, 5) is 12.9. The van der Waals surface area contributed by atoms with E-state index in [0.717, 1.165) is 28.9 Å². The Balaban J connectivity index is 2.17. The van der Waals surface area contributed by atoms with E-state index in [2.05, 4.69) is 24.9 Å². The minimum absolute atomic E-state index is 0.0100. The molecule has 0 aromatic heterocycles. The zero-order chi connectivity index (χ0) is 11.8. The van der Waals surface area contributed by atoms with Crippen LogP contribution < -0.4 is 5.32 Å². The summed E-state index contributed by atoms with van der Waals surface area (Å²) >= 11 is 4.26. The number of hydrogen-bond donors (Lipinski definition) is 2. The van der Waals surface area contributed by atoms with Crippen LogP contribution in [0.25, 0.3) is 0 Å². The van der Waals surface area contributed by atoms with E-state index in [4.69, 9.17) is 0 Å². The highest BCUT2D eigenvalue weighted by Crippen LogP contribution is 2.31. The fourth-order valence-corrected chi connectivity index (χ4v) is 2.23. The third-order valence-electron chi connectivity index (χ3n) is 3.34. The number of hydrogen-bond acceptors (Lipinski definition) is 2. The highest BCUT2D eigenvalue weighted by Gasteiger charge is 2.33. The van der Waals surface area contributed by atoms with Crippen LogP contribution in [0.1, 0.15) is 42.1 Å². The summed E-state index contributed by atoms with van der Waals surface area (Å²) in [6, 6.07) is 5.66. The van der Waals surface area contributed by atoms with Gasteiger partial charge < -0.3 is 5.32 Å². The molecule has 0 heterocycles. The van der Waals surface area contributed by atoms with E-state index >= 15 is 0 Å². The van der Waals surface area contributed by atoms with E-state index in [0.29, 0.717) is 0 Å². The minimum Gasteiger partial charge on any atom is -0.347 e. The van der Waals surface area contributed by atoms with Gasteiger partial charge in [0.2, 0.25) is 0 Å². The van der Waals surface area contributed by atoms with Gasteiger partial charge >= 0.3 is 0 Å². The summed E-state index contributed by atoms with van der Waals surface area (Å²) < 4.78 is 0. The van der Waals surface area contributed by atoms with E-state index < -0.39 is 0 Å². The van der Waals surface area contributed by atoms with Gasteiger partial charge in [-0.25, -0.2) is 0 Å². The molecule has 0 radical (unpaired) electrons. The van der Waals surface area contributed by atoms with Crippen LogP contribution in [0.4, 0.5) is 0 Å². The van der Waals surface area contributed by atoms with Gasteiger partial charge in [-0.05, 0) is 50.8 Å². The molecule has 0 spiro atoms. The highest BCUT2D eigenvalue weighted by atomic mass is 32.1. The van der Waals surface area contributed by atoms with Gasteiger partial charge in [0.1, 0.15) is 0 Å². The van der Waals surface area contributed by atoms with E-state index in [-0.39, 0.29) is 11.4 Å². The van der Waals surface area contributed by atoms with Crippen molar-refractivity contribution in [2.45, 2.75) is 43.5 Å². The molecule has 0 aliphatic heterocycles. The highest BCUT2D eigenvalue weighted by molar-refractivity contribution is 7.80.